The fourth-order valence-corrected chi connectivity index (χ4v) is 3.63. The first-order valence-corrected chi connectivity index (χ1v) is 9.19. The summed E-state index contributed by atoms with van der Waals surface area (Å²) in [7, 11) is 1.73. The van der Waals surface area contributed by atoms with Gasteiger partial charge in [0.25, 0.3) is 0 Å². The highest BCUT2D eigenvalue weighted by atomic mass is 16.6. The molecule has 0 N–H and O–H groups in total. The number of nitrogens with zero attached hydrogens (tertiary/aromatic N) is 2. The molecule has 0 aliphatic carbocycles. The maximum atomic E-state index is 12.3. The van der Waals surface area contributed by atoms with E-state index in [0.717, 1.165) is 32.4 Å². The smallest absolute Gasteiger partial charge is 0.410 e. The molecule has 136 valence electrons. The van der Waals surface area contributed by atoms with E-state index in [1.165, 1.54) is 16.8 Å². The van der Waals surface area contributed by atoms with Crippen molar-refractivity contribution in [2.45, 2.75) is 32.0 Å². The summed E-state index contributed by atoms with van der Waals surface area (Å²) in [5.41, 5.74) is 3.75. The molecule has 2 aromatic rings. The normalized spacial score (nSPS) is 18.7. The Morgan fingerprint density at radius 2 is 2.12 bits per heavy atom. The van der Waals surface area contributed by atoms with E-state index in [0.29, 0.717) is 12.4 Å². The number of fused-ring (bicyclic) bond motifs is 1. The standard InChI is InChI=1S/C21H24N2O3/c1-22(20-8-5-13-25-20)21(24)26-18-9-10-19-17(14-18)11-12-23(19)15-16-6-3-2-4-7-16/h2-4,6-7,9-10,14,20H,5,8,11-13,15H2,1H3. The van der Waals surface area contributed by atoms with Crippen molar-refractivity contribution in [3.63, 3.8) is 0 Å². The van der Waals surface area contributed by atoms with Crippen LogP contribution in [0.5, 0.6) is 5.75 Å². The predicted octanol–water partition coefficient (Wildman–Crippen LogP) is 3.82. The number of carbonyl (C=O) groups is 1. The quantitative estimate of drug-likeness (QED) is 0.839. The first-order valence-electron chi connectivity index (χ1n) is 9.19. The SMILES string of the molecule is CN(C(=O)Oc1ccc2c(c1)CCN2Cc1ccccc1)C1CCCO1. The molecule has 1 unspecified atom stereocenters. The van der Waals surface area contributed by atoms with Crippen LogP contribution in [0.1, 0.15) is 24.0 Å². The van der Waals surface area contributed by atoms with E-state index in [-0.39, 0.29) is 12.3 Å². The maximum absolute atomic E-state index is 12.3. The Morgan fingerprint density at radius 3 is 2.88 bits per heavy atom. The Labute approximate surface area is 154 Å². The van der Waals surface area contributed by atoms with Crippen molar-refractivity contribution >= 4 is 11.8 Å². The minimum Gasteiger partial charge on any atom is -0.410 e. The van der Waals surface area contributed by atoms with Crippen LogP contribution in [0.25, 0.3) is 0 Å². The molecule has 5 heteroatoms. The zero-order valence-corrected chi connectivity index (χ0v) is 15.1. The van der Waals surface area contributed by atoms with Crippen LogP contribution in [0.3, 0.4) is 0 Å². The van der Waals surface area contributed by atoms with Gasteiger partial charge in [-0.25, -0.2) is 4.79 Å². The highest BCUT2D eigenvalue weighted by molar-refractivity contribution is 5.71. The van der Waals surface area contributed by atoms with Gasteiger partial charge in [0.05, 0.1) is 0 Å². The summed E-state index contributed by atoms with van der Waals surface area (Å²) < 4.78 is 11.1. The summed E-state index contributed by atoms with van der Waals surface area (Å²) in [5, 5.41) is 0. The van der Waals surface area contributed by atoms with Crippen LogP contribution >= 0.6 is 0 Å². The highest BCUT2D eigenvalue weighted by Crippen LogP contribution is 2.32. The van der Waals surface area contributed by atoms with E-state index in [1.807, 2.05) is 18.2 Å². The summed E-state index contributed by atoms with van der Waals surface area (Å²) >= 11 is 0. The van der Waals surface area contributed by atoms with Crippen molar-refractivity contribution in [1.82, 2.24) is 4.90 Å². The minimum absolute atomic E-state index is 0.168. The number of rotatable bonds is 4. The van der Waals surface area contributed by atoms with E-state index in [1.54, 1.807) is 11.9 Å². The number of hydrogen-bond acceptors (Lipinski definition) is 4. The van der Waals surface area contributed by atoms with E-state index in [4.69, 9.17) is 9.47 Å². The second-order valence-electron chi connectivity index (χ2n) is 6.89. The van der Waals surface area contributed by atoms with Gasteiger partial charge in [0.15, 0.2) is 0 Å². The molecule has 2 aliphatic rings. The molecule has 1 fully saturated rings. The average Bonchev–Trinajstić information content (AvgIpc) is 3.32. The van der Waals surface area contributed by atoms with Crippen molar-refractivity contribution in [2.75, 3.05) is 25.1 Å². The van der Waals surface area contributed by atoms with Crippen molar-refractivity contribution in [1.29, 1.82) is 0 Å². The maximum Gasteiger partial charge on any atom is 0.417 e. The van der Waals surface area contributed by atoms with Gasteiger partial charge in [-0.1, -0.05) is 30.3 Å². The molecule has 4 rings (SSSR count). The fraction of sp³-hybridized carbons (Fsp3) is 0.381. The highest BCUT2D eigenvalue weighted by Gasteiger charge is 2.26. The second-order valence-corrected chi connectivity index (χ2v) is 6.89. The molecular formula is C21H24N2O3. The molecule has 5 nitrogen and oxygen atoms in total. The van der Waals surface area contributed by atoms with Crippen LogP contribution in [-0.2, 0) is 17.7 Å². The van der Waals surface area contributed by atoms with Crippen LogP contribution in [0.15, 0.2) is 48.5 Å². The van der Waals surface area contributed by atoms with Gasteiger partial charge in [0.1, 0.15) is 12.0 Å². The molecule has 0 bridgehead atoms. The zero-order chi connectivity index (χ0) is 17.9. The fourth-order valence-electron chi connectivity index (χ4n) is 3.63. The summed E-state index contributed by atoms with van der Waals surface area (Å²) in [6.45, 7) is 2.59. The summed E-state index contributed by atoms with van der Waals surface area (Å²) in [5.74, 6) is 0.597. The monoisotopic (exact) mass is 352 g/mol. The zero-order valence-electron chi connectivity index (χ0n) is 15.1. The van der Waals surface area contributed by atoms with Crippen LogP contribution in [-0.4, -0.2) is 37.4 Å². The van der Waals surface area contributed by atoms with E-state index >= 15 is 0 Å². The van der Waals surface area contributed by atoms with Crippen molar-refractivity contribution in [3.8, 4) is 5.75 Å². The molecular weight excluding hydrogens is 328 g/mol. The van der Waals surface area contributed by atoms with E-state index in [2.05, 4.69) is 35.2 Å². The third-order valence-electron chi connectivity index (χ3n) is 5.09. The third-order valence-corrected chi connectivity index (χ3v) is 5.09. The number of ether oxygens (including phenoxy) is 2. The first kappa shape index (κ1) is 16.9. The van der Waals surface area contributed by atoms with Gasteiger partial charge in [-0.3, -0.25) is 4.90 Å². The second kappa shape index (κ2) is 7.38. The van der Waals surface area contributed by atoms with Crippen LogP contribution < -0.4 is 9.64 Å². The third kappa shape index (κ3) is 3.53. The number of carbonyl (C=O) groups excluding carboxylic acids is 1. The summed E-state index contributed by atoms with van der Waals surface area (Å²) in [4.78, 5) is 16.2. The molecule has 2 aromatic carbocycles. The molecule has 2 heterocycles. The van der Waals surface area contributed by atoms with Gasteiger partial charge >= 0.3 is 6.09 Å². The lowest BCUT2D eigenvalue weighted by Gasteiger charge is -2.23. The lowest BCUT2D eigenvalue weighted by atomic mass is 10.1. The van der Waals surface area contributed by atoms with Crippen molar-refractivity contribution in [3.05, 3.63) is 59.7 Å². The Bertz CT molecular complexity index is 772. The molecule has 0 saturated carbocycles. The molecule has 0 radical (unpaired) electrons. The van der Waals surface area contributed by atoms with Crippen LogP contribution in [0, 0.1) is 0 Å². The Morgan fingerprint density at radius 1 is 1.27 bits per heavy atom. The summed E-state index contributed by atoms with van der Waals surface area (Å²) in [6.07, 6.45) is 2.28. The molecule has 26 heavy (non-hydrogen) atoms. The van der Waals surface area contributed by atoms with E-state index in [9.17, 15) is 4.79 Å². The molecule has 2 aliphatic heterocycles. The predicted molar refractivity (Wildman–Crippen MR) is 100 cm³/mol. The lowest BCUT2D eigenvalue weighted by Crippen LogP contribution is -2.38. The molecule has 1 saturated heterocycles. The number of amides is 1. The lowest BCUT2D eigenvalue weighted by molar-refractivity contribution is 0.00557. The van der Waals surface area contributed by atoms with Crippen molar-refractivity contribution < 1.29 is 14.3 Å². The molecule has 0 spiro atoms. The largest absolute Gasteiger partial charge is 0.417 e. The van der Waals surface area contributed by atoms with Gasteiger partial charge < -0.3 is 14.4 Å². The number of hydrogen-bond donors (Lipinski definition) is 0. The Kier molecular flexibility index (Phi) is 4.80. The van der Waals surface area contributed by atoms with Gasteiger partial charge in [0.2, 0.25) is 0 Å². The first-order chi connectivity index (χ1) is 12.7. The van der Waals surface area contributed by atoms with Crippen LogP contribution in [0.4, 0.5) is 10.5 Å². The Balaban J connectivity index is 1.42. The number of benzene rings is 2. The van der Waals surface area contributed by atoms with Gasteiger partial charge in [-0.2, -0.15) is 0 Å². The topological polar surface area (TPSA) is 42.0 Å². The van der Waals surface area contributed by atoms with Gasteiger partial charge in [-0.05, 0) is 48.6 Å². The van der Waals surface area contributed by atoms with Gasteiger partial charge in [-0.15, -0.1) is 0 Å². The van der Waals surface area contributed by atoms with Crippen molar-refractivity contribution in [2.24, 2.45) is 0 Å². The van der Waals surface area contributed by atoms with Gasteiger partial charge in [0, 0.05) is 32.4 Å². The molecule has 0 aromatic heterocycles. The van der Waals surface area contributed by atoms with E-state index < -0.39 is 0 Å². The molecule has 1 amide bonds. The molecule has 1 atom stereocenters. The average molecular weight is 352 g/mol. The Hall–Kier alpha value is -2.53. The summed E-state index contributed by atoms with van der Waals surface area (Å²) in [6, 6.07) is 16.4. The minimum atomic E-state index is -0.365. The number of anilines is 1. The van der Waals surface area contributed by atoms with Crippen LogP contribution in [0.2, 0.25) is 0 Å².